The van der Waals surface area contributed by atoms with Gasteiger partial charge in [0, 0.05) is 12.7 Å². The lowest BCUT2D eigenvalue weighted by atomic mass is 10.2. The summed E-state index contributed by atoms with van der Waals surface area (Å²) >= 11 is 0. The summed E-state index contributed by atoms with van der Waals surface area (Å²) in [4.78, 5) is 11.9. The van der Waals surface area contributed by atoms with E-state index < -0.39 is 0 Å². The number of hydrogen-bond donors (Lipinski definition) is 0. The van der Waals surface area contributed by atoms with Crippen LogP contribution in [-0.2, 0) is 13.0 Å². The molecular formula is C17H21NO3. The summed E-state index contributed by atoms with van der Waals surface area (Å²) in [5.41, 5.74) is 1.19. The number of methoxy groups -OCH3 is 1. The highest BCUT2D eigenvalue weighted by Crippen LogP contribution is 2.12. The number of ether oxygens (including phenoxy) is 2. The number of pyridine rings is 1. The predicted octanol–water partition coefficient (Wildman–Crippen LogP) is 2.89. The summed E-state index contributed by atoms with van der Waals surface area (Å²) in [5.74, 6) is 1.23. The van der Waals surface area contributed by atoms with Crippen molar-refractivity contribution in [3.63, 3.8) is 0 Å². The van der Waals surface area contributed by atoms with E-state index in [1.165, 1.54) is 12.7 Å². The molecule has 0 bridgehead atoms. The van der Waals surface area contributed by atoms with Crippen LogP contribution in [0.5, 0.6) is 11.5 Å². The minimum absolute atomic E-state index is 0.104. The molecule has 1 aromatic heterocycles. The van der Waals surface area contributed by atoms with Gasteiger partial charge in [0.25, 0.3) is 5.56 Å². The van der Waals surface area contributed by atoms with Crippen LogP contribution in [0, 0.1) is 0 Å². The molecule has 0 aliphatic carbocycles. The van der Waals surface area contributed by atoms with Crippen LogP contribution in [0.2, 0.25) is 0 Å². The van der Waals surface area contributed by atoms with Gasteiger partial charge in [0.1, 0.15) is 5.75 Å². The topological polar surface area (TPSA) is 40.5 Å². The number of aromatic nitrogens is 1. The minimum atomic E-state index is -0.104. The Kier molecular flexibility index (Phi) is 5.43. The first kappa shape index (κ1) is 15.2. The largest absolute Gasteiger partial charge is 0.494 e. The average molecular weight is 287 g/mol. The zero-order chi connectivity index (χ0) is 15.1. The van der Waals surface area contributed by atoms with E-state index in [1.54, 1.807) is 16.8 Å². The summed E-state index contributed by atoms with van der Waals surface area (Å²) in [5, 5.41) is 0. The van der Waals surface area contributed by atoms with Gasteiger partial charge >= 0.3 is 0 Å². The van der Waals surface area contributed by atoms with Crippen molar-refractivity contribution in [2.75, 3.05) is 13.7 Å². The number of aryl methyl sites for hydroxylation is 2. The van der Waals surface area contributed by atoms with Crippen LogP contribution in [0.15, 0.2) is 47.4 Å². The Bertz CT molecular complexity index is 617. The second-order valence-corrected chi connectivity index (χ2v) is 4.77. The van der Waals surface area contributed by atoms with Gasteiger partial charge in [-0.15, -0.1) is 0 Å². The van der Waals surface area contributed by atoms with Crippen LogP contribution >= 0.6 is 0 Å². The molecule has 1 aromatic carbocycles. The molecule has 0 unspecified atom stereocenters. The van der Waals surface area contributed by atoms with Crippen molar-refractivity contribution in [1.82, 2.24) is 4.57 Å². The van der Waals surface area contributed by atoms with E-state index in [-0.39, 0.29) is 5.56 Å². The molecule has 0 amide bonds. The van der Waals surface area contributed by atoms with Crippen molar-refractivity contribution >= 4 is 0 Å². The Balaban J connectivity index is 1.83. The predicted molar refractivity (Wildman–Crippen MR) is 83.2 cm³/mol. The summed E-state index contributed by atoms with van der Waals surface area (Å²) in [6.07, 6.45) is 3.56. The Morgan fingerprint density at radius 3 is 2.57 bits per heavy atom. The summed E-state index contributed by atoms with van der Waals surface area (Å²) in [6, 6.07) is 11.6. The molecule has 112 valence electrons. The molecule has 0 radical (unpaired) electrons. The zero-order valence-corrected chi connectivity index (χ0v) is 12.5. The third-order valence-corrected chi connectivity index (χ3v) is 3.35. The highest BCUT2D eigenvalue weighted by Gasteiger charge is 2.02. The summed E-state index contributed by atoms with van der Waals surface area (Å²) in [7, 11) is 1.50. The molecule has 21 heavy (non-hydrogen) atoms. The molecule has 2 aromatic rings. The quantitative estimate of drug-likeness (QED) is 0.735. The van der Waals surface area contributed by atoms with Crippen molar-refractivity contribution in [2.45, 2.75) is 26.3 Å². The van der Waals surface area contributed by atoms with Crippen molar-refractivity contribution in [1.29, 1.82) is 0 Å². The lowest BCUT2D eigenvalue weighted by Gasteiger charge is -2.09. The molecule has 0 N–H and O–H groups in total. The Morgan fingerprint density at radius 2 is 1.90 bits per heavy atom. The molecule has 0 aliphatic rings. The highest BCUT2D eigenvalue weighted by atomic mass is 16.5. The van der Waals surface area contributed by atoms with E-state index in [4.69, 9.17) is 9.47 Å². The Hall–Kier alpha value is -2.23. The number of benzene rings is 1. The molecule has 0 atom stereocenters. The highest BCUT2D eigenvalue weighted by molar-refractivity contribution is 5.27. The lowest BCUT2D eigenvalue weighted by molar-refractivity contribution is 0.300. The van der Waals surface area contributed by atoms with Crippen molar-refractivity contribution in [2.24, 2.45) is 0 Å². The van der Waals surface area contributed by atoms with Gasteiger partial charge < -0.3 is 14.0 Å². The van der Waals surface area contributed by atoms with Gasteiger partial charge in [-0.25, -0.2) is 0 Å². The van der Waals surface area contributed by atoms with Gasteiger partial charge in [-0.2, -0.15) is 0 Å². The van der Waals surface area contributed by atoms with Crippen molar-refractivity contribution < 1.29 is 9.47 Å². The Morgan fingerprint density at radius 1 is 1.14 bits per heavy atom. The van der Waals surface area contributed by atoms with Crippen molar-refractivity contribution in [3.05, 3.63) is 58.5 Å². The molecule has 0 saturated carbocycles. The molecule has 2 rings (SSSR count). The van der Waals surface area contributed by atoms with Gasteiger partial charge in [0.15, 0.2) is 5.75 Å². The minimum Gasteiger partial charge on any atom is -0.494 e. The van der Waals surface area contributed by atoms with E-state index in [1.807, 2.05) is 18.2 Å². The zero-order valence-electron chi connectivity index (χ0n) is 12.5. The second kappa shape index (κ2) is 7.53. The van der Waals surface area contributed by atoms with Crippen LogP contribution in [0.25, 0.3) is 0 Å². The molecule has 1 heterocycles. The normalized spacial score (nSPS) is 10.4. The first-order valence-electron chi connectivity index (χ1n) is 7.19. The van der Waals surface area contributed by atoms with E-state index in [2.05, 4.69) is 19.1 Å². The van der Waals surface area contributed by atoms with Gasteiger partial charge in [-0.1, -0.05) is 19.1 Å². The maximum atomic E-state index is 11.9. The summed E-state index contributed by atoms with van der Waals surface area (Å²) < 4.78 is 12.3. The fraction of sp³-hybridized carbons (Fsp3) is 0.353. The summed E-state index contributed by atoms with van der Waals surface area (Å²) in [6.45, 7) is 3.32. The second-order valence-electron chi connectivity index (χ2n) is 4.77. The molecule has 4 nitrogen and oxygen atoms in total. The number of hydrogen-bond acceptors (Lipinski definition) is 3. The molecule has 0 saturated heterocycles. The number of nitrogens with zero attached hydrogens (tertiary/aromatic N) is 1. The van der Waals surface area contributed by atoms with Gasteiger partial charge in [-0.05, 0) is 42.7 Å². The molecule has 0 aliphatic heterocycles. The maximum absolute atomic E-state index is 11.9. The SMILES string of the molecule is CCc1ccc(OCCCn2cccc(OC)c2=O)cc1. The first-order valence-corrected chi connectivity index (χ1v) is 7.19. The van der Waals surface area contributed by atoms with Crippen LogP contribution in [0.4, 0.5) is 0 Å². The standard InChI is InChI=1S/C17H21NO3/c1-3-14-7-9-15(10-8-14)21-13-5-12-18-11-4-6-16(20-2)17(18)19/h4,6-11H,3,5,12-13H2,1-2H3. The van der Waals surface area contributed by atoms with E-state index in [0.29, 0.717) is 18.9 Å². The number of rotatable bonds is 7. The van der Waals surface area contributed by atoms with E-state index >= 15 is 0 Å². The molecule has 4 heteroatoms. The van der Waals surface area contributed by atoms with Crippen LogP contribution in [0.1, 0.15) is 18.9 Å². The maximum Gasteiger partial charge on any atom is 0.292 e. The van der Waals surface area contributed by atoms with Crippen LogP contribution < -0.4 is 15.0 Å². The van der Waals surface area contributed by atoms with E-state index in [9.17, 15) is 4.79 Å². The fourth-order valence-corrected chi connectivity index (χ4v) is 2.09. The lowest BCUT2D eigenvalue weighted by Crippen LogP contribution is -2.21. The third-order valence-electron chi connectivity index (χ3n) is 3.35. The molecular weight excluding hydrogens is 266 g/mol. The van der Waals surface area contributed by atoms with Crippen LogP contribution in [0.3, 0.4) is 0 Å². The smallest absolute Gasteiger partial charge is 0.292 e. The monoisotopic (exact) mass is 287 g/mol. The van der Waals surface area contributed by atoms with Gasteiger partial charge in [0.2, 0.25) is 0 Å². The fourth-order valence-electron chi connectivity index (χ4n) is 2.09. The van der Waals surface area contributed by atoms with Gasteiger partial charge in [0.05, 0.1) is 13.7 Å². The van der Waals surface area contributed by atoms with Crippen molar-refractivity contribution in [3.8, 4) is 11.5 Å². The Labute approximate surface area is 124 Å². The van der Waals surface area contributed by atoms with Gasteiger partial charge in [-0.3, -0.25) is 4.79 Å². The molecule has 0 fully saturated rings. The van der Waals surface area contributed by atoms with Crippen LogP contribution in [-0.4, -0.2) is 18.3 Å². The third kappa shape index (κ3) is 4.12. The average Bonchev–Trinajstić information content (AvgIpc) is 2.53. The van der Waals surface area contributed by atoms with E-state index in [0.717, 1.165) is 18.6 Å². The molecule has 0 spiro atoms. The first-order chi connectivity index (χ1) is 10.2.